The van der Waals surface area contributed by atoms with E-state index in [-0.39, 0.29) is 5.97 Å². The van der Waals surface area contributed by atoms with E-state index in [0.717, 1.165) is 24.7 Å². The number of benzene rings is 1. The number of ether oxygens (including phenoxy) is 1. The highest BCUT2D eigenvalue weighted by molar-refractivity contribution is 5.95. The Morgan fingerprint density at radius 2 is 2.14 bits per heavy atom. The number of hydrogen-bond acceptors (Lipinski definition) is 4. The molecule has 1 aromatic rings. The summed E-state index contributed by atoms with van der Waals surface area (Å²) in [6.07, 6.45) is 3.82. The van der Waals surface area contributed by atoms with E-state index in [1.807, 2.05) is 31.2 Å². The average Bonchev–Trinajstić information content (AvgIpc) is 3.24. The van der Waals surface area contributed by atoms with E-state index in [2.05, 4.69) is 17.1 Å². The standard InChI is InChI=1S/C17H24N2O2/c1-3-21-17(20)15-6-4-5-7-16(15)18-13-10-12(2)19(11-13)14-8-9-14/h4-7,12-14,18H,3,8-11H2,1-2H3. The van der Waals surface area contributed by atoms with Gasteiger partial charge in [0.05, 0.1) is 12.2 Å². The molecule has 4 heteroatoms. The van der Waals surface area contributed by atoms with Crippen molar-refractivity contribution >= 4 is 11.7 Å². The zero-order valence-corrected chi connectivity index (χ0v) is 12.8. The fraction of sp³-hybridized carbons (Fsp3) is 0.588. The van der Waals surface area contributed by atoms with Crippen LogP contribution in [0, 0.1) is 0 Å². The van der Waals surface area contributed by atoms with Gasteiger partial charge in [0.25, 0.3) is 0 Å². The van der Waals surface area contributed by atoms with Crippen molar-refractivity contribution in [2.24, 2.45) is 0 Å². The first kappa shape index (κ1) is 14.4. The molecule has 0 radical (unpaired) electrons. The molecule has 2 unspecified atom stereocenters. The summed E-state index contributed by atoms with van der Waals surface area (Å²) in [6.45, 7) is 5.61. The molecule has 1 saturated heterocycles. The van der Waals surface area contributed by atoms with Gasteiger partial charge in [-0.1, -0.05) is 12.1 Å². The van der Waals surface area contributed by atoms with E-state index in [1.165, 1.54) is 12.8 Å². The van der Waals surface area contributed by atoms with Crippen LogP contribution < -0.4 is 5.32 Å². The van der Waals surface area contributed by atoms with Gasteiger partial charge in [-0.15, -0.1) is 0 Å². The Labute approximate surface area is 126 Å². The lowest BCUT2D eigenvalue weighted by Crippen LogP contribution is -2.31. The van der Waals surface area contributed by atoms with Gasteiger partial charge in [0.2, 0.25) is 0 Å². The maximum Gasteiger partial charge on any atom is 0.340 e. The molecule has 2 aliphatic rings. The van der Waals surface area contributed by atoms with Gasteiger partial charge in [-0.25, -0.2) is 4.79 Å². The van der Waals surface area contributed by atoms with Gasteiger partial charge in [0.1, 0.15) is 0 Å². The number of likely N-dealkylation sites (tertiary alicyclic amines) is 1. The molecule has 1 aliphatic carbocycles. The Bertz CT molecular complexity index is 513. The quantitative estimate of drug-likeness (QED) is 0.846. The van der Waals surface area contributed by atoms with Crippen LogP contribution in [-0.4, -0.2) is 42.1 Å². The number of nitrogens with one attached hydrogen (secondary N) is 1. The summed E-state index contributed by atoms with van der Waals surface area (Å²) in [4.78, 5) is 14.6. The molecule has 2 fully saturated rings. The van der Waals surface area contributed by atoms with Gasteiger partial charge < -0.3 is 10.1 Å². The van der Waals surface area contributed by atoms with Crippen molar-refractivity contribution in [1.29, 1.82) is 0 Å². The molecule has 0 spiro atoms. The fourth-order valence-corrected chi connectivity index (χ4v) is 3.29. The molecule has 114 valence electrons. The minimum absolute atomic E-state index is 0.245. The summed E-state index contributed by atoms with van der Waals surface area (Å²) >= 11 is 0. The largest absolute Gasteiger partial charge is 0.462 e. The first-order chi connectivity index (χ1) is 10.2. The van der Waals surface area contributed by atoms with Gasteiger partial charge in [0.15, 0.2) is 0 Å². The Morgan fingerprint density at radius 3 is 2.86 bits per heavy atom. The number of anilines is 1. The highest BCUT2D eigenvalue weighted by Gasteiger charge is 2.38. The second-order valence-corrected chi connectivity index (χ2v) is 6.12. The van der Waals surface area contributed by atoms with Gasteiger partial charge >= 0.3 is 5.97 Å². The van der Waals surface area contributed by atoms with Crippen LogP contribution in [0.25, 0.3) is 0 Å². The molecule has 0 aromatic heterocycles. The van der Waals surface area contributed by atoms with Gasteiger partial charge in [-0.2, -0.15) is 0 Å². The lowest BCUT2D eigenvalue weighted by Gasteiger charge is -2.20. The third-order valence-corrected chi connectivity index (χ3v) is 4.42. The zero-order valence-electron chi connectivity index (χ0n) is 12.8. The summed E-state index contributed by atoms with van der Waals surface area (Å²) in [5.74, 6) is -0.245. The number of nitrogens with zero attached hydrogens (tertiary/aromatic N) is 1. The molecule has 2 atom stereocenters. The number of carbonyl (C=O) groups is 1. The van der Waals surface area contributed by atoms with Crippen LogP contribution in [0.5, 0.6) is 0 Å². The first-order valence-electron chi connectivity index (χ1n) is 7.97. The summed E-state index contributed by atoms with van der Waals surface area (Å²) in [7, 11) is 0. The topological polar surface area (TPSA) is 41.6 Å². The summed E-state index contributed by atoms with van der Waals surface area (Å²) < 4.78 is 5.13. The third kappa shape index (κ3) is 3.21. The number of carbonyl (C=O) groups excluding carboxylic acids is 1. The van der Waals surface area contributed by atoms with Crippen LogP contribution >= 0.6 is 0 Å². The van der Waals surface area contributed by atoms with Crippen LogP contribution in [0.2, 0.25) is 0 Å². The molecule has 0 bridgehead atoms. The molecule has 1 N–H and O–H groups in total. The summed E-state index contributed by atoms with van der Waals surface area (Å²) in [6, 6.07) is 9.48. The van der Waals surface area contributed by atoms with Crippen LogP contribution in [0.1, 0.15) is 43.5 Å². The van der Waals surface area contributed by atoms with Crippen molar-refractivity contribution < 1.29 is 9.53 Å². The van der Waals surface area contributed by atoms with Crippen molar-refractivity contribution in [2.45, 2.75) is 51.2 Å². The SMILES string of the molecule is CCOC(=O)c1ccccc1NC1CC(C)N(C2CC2)C1. The van der Waals surface area contributed by atoms with Crippen molar-refractivity contribution in [3.63, 3.8) is 0 Å². The molecule has 1 aromatic carbocycles. The Hall–Kier alpha value is -1.55. The van der Waals surface area contributed by atoms with E-state index in [0.29, 0.717) is 24.3 Å². The number of esters is 1. The molecule has 0 amide bonds. The van der Waals surface area contributed by atoms with E-state index in [9.17, 15) is 4.79 Å². The van der Waals surface area contributed by atoms with Crippen molar-refractivity contribution in [3.05, 3.63) is 29.8 Å². The molecule has 1 saturated carbocycles. The van der Waals surface area contributed by atoms with Gasteiger partial charge in [-0.05, 0) is 45.2 Å². The minimum Gasteiger partial charge on any atom is -0.462 e. The predicted molar refractivity (Wildman–Crippen MR) is 83.6 cm³/mol. The third-order valence-electron chi connectivity index (χ3n) is 4.42. The summed E-state index contributed by atoms with van der Waals surface area (Å²) in [5.41, 5.74) is 1.53. The molecular weight excluding hydrogens is 264 g/mol. The Morgan fingerprint density at radius 1 is 1.38 bits per heavy atom. The molecule has 1 aliphatic heterocycles. The minimum atomic E-state index is -0.245. The number of rotatable bonds is 5. The van der Waals surface area contributed by atoms with Gasteiger partial charge in [-0.3, -0.25) is 4.90 Å². The fourth-order valence-electron chi connectivity index (χ4n) is 3.29. The van der Waals surface area contributed by atoms with Crippen LogP contribution in [0.4, 0.5) is 5.69 Å². The first-order valence-corrected chi connectivity index (χ1v) is 7.97. The second-order valence-electron chi connectivity index (χ2n) is 6.12. The van der Waals surface area contributed by atoms with Crippen LogP contribution in [0.15, 0.2) is 24.3 Å². The van der Waals surface area contributed by atoms with Crippen LogP contribution in [0.3, 0.4) is 0 Å². The van der Waals surface area contributed by atoms with Gasteiger partial charge in [0, 0.05) is 30.4 Å². The van der Waals surface area contributed by atoms with Crippen LogP contribution in [-0.2, 0) is 4.74 Å². The Balaban J connectivity index is 1.69. The van der Waals surface area contributed by atoms with E-state index < -0.39 is 0 Å². The highest BCUT2D eigenvalue weighted by Crippen LogP contribution is 2.34. The number of hydrogen-bond donors (Lipinski definition) is 1. The molecular formula is C17H24N2O2. The molecule has 1 heterocycles. The molecule has 4 nitrogen and oxygen atoms in total. The van der Waals surface area contributed by atoms with E-state index in [1.54, 1.807) is 0 Å². The second kappa shape index (κ2) is 6.06. The smallest absolute Gasteiger partial charge is 0.340 e. The highest BCUT2D eigenvalue weighted by atomic mass is 16.5. The lowest BCUT2D eigenvalue weighted by molar-refractivity contribution is 0.0527. The average molecular weight is 288 g/mol. The van der Waals surface area contributed by atoms with Crippen molar-refractivity contribution in [2.75, 3.05) is 18.5 Å². The lowest BCUT2D eigenvalue weighted by atomic mass is 10.1. The maximum absolute atomic E-state index is 12.0. The molecule has 3 rings (SSSR count). The maximum atomic E-state index is 12.0. The normalized spacial score (nSPS) is 25.8. The van der Waals surface area contributed by atoms with Crippen molar-refractivity contribution in [3.8, 4) is 0 Å². The van der Waals surface area contributed by atoms with E-state index in [4.69, 9.17) is 4.74 Å². The predicted octanol–water partition coefficient (Wildman–Crippen LogP) is 2.90. The van der Waals surface area contributed by atoms with E-state index >= 15 is 0 Å². The Kier molecular flexibility index (Phi) is 4.15. The monoisotopic (exact) mass is 288 g/mol. The van der Waals surface area contributed by atoms with Crippen molar-refractivity contribution in [1.82, 2.24) is 4.90 Å². The number of para-hydroxylation sites is 1. The zero-order chi connectivity index (χ0) is 14.8. The summed E-state index contributed by atoms with van der Waals surface area (Å²) in [5, 5.41) is 3.55. The molecule has 21 heavy (non-hydrogen) atoms.